The number of aryl methyl sites for hydroxylation is 3. The Hall–Kier alpha value is -3.70. The minimum atomic E-state index is -4.53. The van der Waals surface area contributed by atoms with Crippen molar-refractivity contribution in [2.45, 2.75) is 51.9 Å². The zero-order chi connectivity index (χ0) is 24.2. The molecule has 178 valence electrons. The first-order chi connectivity index (χ1) is 16.1. The van der Waals surface area contributed by atoms with Gasteiger partial charge in [0.1, 0.15) is 6.54 Å². The molecule has 1 saturated carbocycles. The predicted octanol–water partition coefficient (Wildman–Crippen LogP) is 3.56. The zero-order valence-electron chi connectivity index (χ0n) is 18.9. The Morgan fingerprint density at radius 2 is 1.94 bits per heavy atom. The lowest BCUT2D eigenvalue weighted by Gasteiger charge is -2.11. The summed E-state index contributed by atoms with van der Waals surface area (Å²) in [6.45, 7) is 3.63. The number of carbonyl (C=O) groups is 1. The highest BCUT2D eigenvalue weighted by atomic mass is 19.4. The maximum absolute atomic E-state index is 13.7. The Morgan fingerprint density at radius 1 is 1.18 bits per heavy atom. The average Bonchev–Trinajstić information content (AvgIpc) is 3.34. The summed E-state index contributed by atoms with van der Waals surface area (Å²) in [6.07, 6.45) is 2.19. The number of fused-ring (bicyclic) bond motifs is 1. The average molecular weight is 472 g/mol. The van der Waals surface area contributed by atoms with Crippen LogP contribution < -0.4 is 5.32 Å². The van der Waals surface area contributed by atoms with Crippen LogP contribution in [-0.4, -0.2) is 40.2 Å². The van der Waals surface area contributed by atoms with Crippen molar-refractivity contribution in [3.8, 4) is 0 Å². The second-order valence-electron chi connectivity index (χ2n) is 8.70. The maximum atomic E-state index is 13.7. The Morgan fingerprint density at radius 3 is 2.59 bits per heavy atom. The number of aromatic nitrogens is 7. The van der Waals surface area contributed by atoms with Crippen molar-refractivity contribution in [2.75, 3.05) is 5.32 Å². The number of hydrogen-bond acceptors (Lipinski definition) is 5. The summed E-state index contributed by atoms with van der Waals surface area (Å²) in [5, 5.41) is 15.4. The van der Waals surface area contributed by atoms with E-state index in [0.717, 1.165) is 30.2 Å². The molecule has 1 amide bonds. The molecule has 4 aromatic rings. The topological polar surface area (TPSA) is 95.5 Å². The first-order valence-electron chi connectivity index (χ1n) is 10.8. The molecule has 0 aromatic carbocycles. The molecule has 9 nitrogen and oxygen atoms in total. The molecule has 1 N–H and O–H groups in total. The van der Waals surface area contributed by atoms with Gasteiger partial charge in [-0.25, -0.2) is 9.67 Å². The Kier molecular flexibility index (Phi) is 5.18. The van der Waals surface area contributed by atoms with Crippen LogP contribution in [0.3, 0.4) is 0 Å². The number of nitrogens with one attached hydrogen (secondary N) is 1. The van der Waals surface area contributed by atoms with Gasteiger partial charge in [0.25, 0.3) is 0 Å². The summed E-state index contributed by atoms with van der Waals surface area (Å²) >= 11 is 0. The fourth-order valence-electron chi connectivity index (χ4n) is 4.12. The molecule has 0 spiro atoms. The van der Waals surface area contributed by atoms with Gasteiger partial charge in [-0.2, -0.15) is 28.5 Å². The standard InChI is InChI=1S/C22H23F3N8O/c1-12-15(8-31(3)29-12)9-32-10-16(7-26-32)27-19(34)11-33-21-20(13(2)30-33)17(22(23,24)25)6-18(28-21)14-4-5-14/h6-8,10,14H,4-5,9,11H2,1-3H3,(H,27,34). The normalized spacial score (nSPS) is 14.2. The summed E-state index contributed by atoms with van der Waals surface area (Å²) < 4.78 is 45.9. The number of pyridine rings is 1. The van der Waals surface area contributed by atoms with E-state index < -0.39 is 17.6 Å². The van der Waals surface area contributed by atoms with Crippen molar-refractivity contribution in [2.24, 2.45) is 7.05 Å². The van der Waals surface area contributed by atoms with E-state index in [1.54, 1.807) is 15.6 Å². The summed E-state index contributed by atoms with van der Waals surface area (Å²) in [5.41, 5.74) is 2.27. The monoisotopic (exact) mass is 472 g/mol. The Labute approximate surface area is 192 Å². The molecule has 34 heavy (non-hydrogen) atoms. The second-order valence-corrected chi connectivity index (χ2v) is 8.70. The third-order valence-electron chi connectivity index (χ3n) is 5.86. The third-order valence-corrected chi connectivity index (χ3v) is 5.86. The largest absolute Gasteiger partial charge is 0.417 e. The second kappa shape index (κ2) is 7.96. The van der Waals surface area contributed by atoms with Crippen molar-refractivity contribution < 1.29 is 18.0 Å². The van der Waals surface area contributed by atoms with Gasteiger partial charge in [-0.05, 0) is 32.8 Å². The molecule has 4 aromatic heterocycles. The van der Waals surface area contributed by atoms with Crippen LogP contribution in [0.5, 0.6) is 0 Å². The molecule has 4 heterocycles. The molecular formula is C22H23F3N8O. The van der Waals surface area contributed by atoms with Gasteiger partial charge in [-0.1, -0.05) is 0 Å². The van der Waals surface area contributed by atoms with E-state index in [9.17, 15) is 18.0 Å². The molecule has 1 aliphatic carbocycles. The van der Waals surface area contributed by atoms with Crippen molar-refractivity contribution in [3.63, 3.8) is 0 Å². The van der Waals surface area contributed by atoms with Crippen LogP contribution in [0, 0.1) is 13.8 Å². The molecule has 0 unspecified atom stereocenters. The van der Waals surface area contributed by atoms with Gasteiger partial charge >= 0.3 is 6.18 Å². The van der Waals surface area contributed by atoms with Gasteiger partial charge in [0.15, 0.2) is 5.65 Å². The zero-order valence-corrected chi connectivity index (χ0v) is 18.9. The maximum Gasteiger partial charge on any atom is 0.417 e. The Bertz CT molecular complexity index is 1390. The lowest BCUT2D eigenvalue weighted by atomic mass is 10.1. The molecule has 1 aliphatic rings. The fourth-order valence-corrected chi connectivity index (χ4v) is 4.12. The molecule has 5 rings (SSSR count). The van der Waals surface area contributed by atoms with E-state index in [1.807, 2.05) is 20.2 Å². The van der Waals surface area contributed by atoms with Crippen LogP contribution in [0.15, 0.2) is 24.7 Å². The van der Waals surface area contributed by atoms with E-state index in [0.29, 0.717) is 17.9 Å². The van der Waals surface area contributed by atoms with E-state index in [4.69, 9.17) is 0 Å². The fraction of sp³-hybridized carbons (Fsp3) is 0.409. The first-order valence-corrected chi connectivity index (χ1v) is 10.8. The number of alkyl halides is 3. The third kappa shape index (κ3) is 4.27. The molecule has 0 atom stereocenters. The van der Waals surface area contributed by atoms with Gasteiger partial charge in [0, 0.05) is 36.6 Å². The number of amides is 1. The van der Waals surface area contributed by atoms with Crippen LogP contribution >= 0.6 is 0 Å². The van der Waals surface area contributed by atoms with Crippen molar-refractivity contribution in [1.82, 2.24) is 34.3 Å². The SMILES string of the molecule is Cc1nn(C)cc1Cn1cc(NC(=O)Cn2nc(C)c3c(C(F)(F)F)cc(C4CC4)nc32)cn1. The number of halogens is 3. The van der Waals surface area contributed by atoms with Gasteiger partial charge in [-0.3, -0.25) is 14.2 Å². The molecule has 0 bridgehead atoms. The van der Waals surface area contributed by atoms with E-state index >= 15 is 0 Å². The van der Waals surface area contributed by atoms with Gasteiger partial charge in [0.2, 0.25) is 5.91 Å². The van der Waals surface area contributed by atoms with Crippen LogP contribution in [0.4, 0.5) is 18.9 Å². The summed E-state index contributed by atoms with van der Waals surface area (Å²) in [6, 6.07) is 1.12. The number of nitrogens with zero attached hydrogens (tertiary/aromatic N) is 7. The number of anilines is 1. The quantitative estimate of drug-likeness (QED) is 0.463. The smallest absolute Gasteiger partial charge is 0.322 e. The number of carbonyl (C=O) groups excluding carboxylic acids is 1. The number of hydrogen-bond donors (Lipinski definition) is 1. The molecule has 1 fully saturated rings. The summed E-state index contributed by atoms with van der Waals surface area (Å²) in [5.74, 6) is -0.411. The summed E-state index contributed by atoms with van der Waals surface area (Å²) in [7, 11) is 1.84. The highest BCUT2D eigenvalue weighted by Crippen LogP contribution is 2.43. The van der Waals surface area contributed by atoms with Crippen LogP contribution in [-0.2, 0) is 31.1 Å². The van der Waals surface area contributed by atoms with E-state index in [-0.39, 0.29) is 29.2 Å². The molecule has 12 heteroatoms. The van der Waals surface area contributed by atoms with Crippen LogP contribution in [0.25, 0.3) is 11.0 Å². The van der Waals surface area contributed by atoms with Gasteiger partial charge in [0.05, 0.1) is 40.8 Å². The van der Waals surface area contributed by atoms with Gasteiger partial charge < -0.3 is 5.32 Å². The minimum Gasteiger partial charge on any atom is -0.322 e. The van der Waals surface area contributed by atoms with Gasteiger partial charge in [-0.15, -0.1) is 0 Å². The van der Waals surface area contributed by atoms with Crippen LogP contribution in [0.2, 0.25) is 0 Å². The lowest BCUT2D eigenvalue weighted by Crippen LogP contribution is -2.20. The molecule has 0 saturated heterocycles. The molecular weight excluding hydrogens is 449 g/mol. The van der Waals surface area contributed by atoms with E-state index in [1.165, 1.54) is 17.8 Å². The molecule has 0 aliphatic heterocycles. The van der Waals surface area contributed by atoms with Crippen LogP contribution in [0.1, 0.15) is 47.0 Å². The molecule has 0 radical (unpaired) electrons. The predicted molar refractivity (Wildman–Crippen MR) is 117 cm³/mol. The van der Waals surface area contributed by atoms with Crippen molar-refractivity contribution >= 4 is 22.6 Å². The Balaban J connectivity index is 1.36. The van der Waals surface area contributed by atoms with E-state index in [2.05, 4.69) is 25.6 Å². The van der Waals surface area contributed by atoms with Crippen molar-refractivity contribution in [1.29, 1.82) is 0 Å². The summed E-state index contributed by atoms with van der Waals surface area (Å²) in [4.78, 5) is 17.2. The highest BCUT2D eigenvalue weighted by Gasteiger charge is 2.37. The highest BCUT2D eigenvalue weighted by molar-refractivity contribution is 5.91. The first kappa shape index (κ1) is 22.1. The van der Waals surface area contributed by atoms with Crippen molar-refractivity contribution in [3.05, 3.63) is 52.9 Å². The minimum absolute atomic E-state index is 0.0253. The number of rotatable bonds is 6. The lowest BCUT2D eigenvalue weighted by molar-refractivity contribution is -0.136.